The van der Waals surface area contributed by atoms with E-state index in [1.807, 2.05) is 4.72 Å². The Morgan fingerprint density at radius 2 is 2.21 bits per heavy atom. The molecule has 0 radical (unpaired) electrons. The third kappa shape index (κ3) is 2.97. The van der Waals surface area contributed by atoms with E-state index in [-0.39, 0.29) is 5.92 Å². The molecule has 0 spiro atoms. The van der Waals surface area contributed by atoms with Gasteiger partial charge in [-0.3, -0.25) is 4.79 Å². The zero-order valence-electron chi connectivity index (χ0n) is 7.30. The topological polar surface area (TPSA) is 107 Å². The van der Waals surface area contributed by atoms with Gasteiger partial charge in [-0.1, -0.05) is 0 Å². The number of nitrogens with zero attached hydrogens (tertiary/aromatic N) is 1. The SMILES string of the molecule is N#CCS(=O)(=O)NC(C(=O)O)C1CC1. The lowest BCUT2D eigenvalue weighted by atomic mass is 10.2. The van der Waals surface area contributed by atoms with E-state index >= 15 is 0 Å². The summed E-state index contributed by atoms with van der Waals surface area (Å²) < 4.78 is 24.2. The number of rotatable bonds is 5. The molecule has 2 N–H and O–H groups in total. The number of aliphatic carboxylic acids is 1. The molecule has 0 bridgehead atoms. The lowest BCUT2D eigenvalue weighted by molar-refractivity contribution is -0.139. The molecule has 6 nitrogen and oxygen atoms in total. The first-order chi connectivity index (χ1) is 6.46. The molecule has 1 fully saturated rings. The van der Waals surface area contributed by atoms with E-state index in [9.17, 15) is 13.2 Å². The first kappa shape index (κ1) is 10.9. The Labute approximate surface area is 81.6 Å². The summed E-state index contributed by atoms with van der Waals surface area (Å²) in [6.45, 7) is 0. The number of carbonyl (C=O) groups is 1. The predicted octanol–water partition coefficient (Wildman–Crippen LogP) is -0.707. The Morgan fingerprint density at radius 1 is 1.64 bits per heavy atom. The molecule has 1 saturated carbocycles. The second-order valence-corrected chi connectivity index (χ2v) is 4.94. The highest BCUT2D eigenvalue weighted by Crippen LogP contribution is 2.33. The lowest BCUT2D eigenvalue weighted by Gasteiger charge is -2.11. The molecule has 0 aromatic heterocycles. The van der Waals surface area contributed by atoms with E-state index in [2.05, 4.69) is 0 Å². The molecule has 1 rings (SSSR count). The molecular weight excluding hydrogens is 208 g/mol. The number of nitriles is 1. The van der Waals surface area contributed by atoms with Gasteiger partial charge in [-0.05, 0) is 18.8 Å². The van der Waals surface area contributed by atoms with Crippen LogP contribution < -0.4 is 4.72 Å². The number of nitrogens with one attached hydrogen (secondary N) is 1. The van der Waals surface area contributed by atoms with Crippen molar-refractivity contribution in [3.8, 4) is 6.07 Å². The summed E-state index contributed by atoms with van der Waals surface area (Å²) in [6.07, 6.45) is 1.43. The highest BCUT2D eigenvalue weighted by atomic mass is 32.2. The van der Waals surface area contributed by atoms with Crippen molar-refractivity contribution in [3.63, 3.8) is 0 Å². The van der Waals surface area contributed by atoms with Crippen molar-refractivity contribution in [3.05, 3.63) is 0 Å². The summed E-state index contributed by atoms with van der Waals surface area (Å²) in [4.78, 5) is 10.7. The summed E-state index contributed by atoms with van der Waals surface area (Å²) >= 11 is 0. The number of sulfonamides is 1. The van der Waals surface area contributed by atoms with Gasteiger partial charge in [-0.2, -0.15) is 9.98 Å². The smallest absolute Gasteiger partial charge is 0.322 e. The molecule has 14 heavy (non-hydrogen) atoms. The van der Waals surface area contributed by atoms with Gasteiger partial charge in [0, 0.05) is 0 Å². The quantitative estimate of drug-likeness (QED) is 0.634. The van der Waals surface area contributed by atoms with Gasteiger partial charge >= 0.3 is 5.97 Å². The average molecular weight is 218 g/mol. The maximum absolute atomic E-state index is 11.1. The Balaban J connectivity index is 2.64. The Morgan fingerprint density at radius 3 is 2.57 bits per heavy atom. The molecule has 7 heteroatoms. The molecule has 1 aliphatic rings. The van der Waals surface area contributed by atoms with Crippen LogP contribution in [0.5, 0.6) is 0 Å². The fourth-order valence-corrected chi connectivity index (χ4v) is 2.03. The number of hydrogen-bond acceptors (Lipinski definition) is 4. The van der Waals surface area contributed by atoms with E-state index in [0.29, 0.717) is 12.8 Å². The maximum atomic E-state index is 11.1. The average Bonchev–Trinajstić information content (AvgIpc) is 2.82. The minimum atomic E-state index is -3.77. The van der Waals surface area contributed by atoms with Gasteiger partial charge in [0.05, 0.1) is 6.07 Å². The summed E-state index contributed by atoms with van der Waals surface area (Å²) in [6, 6.07) is 0.393. The molecule has 1 unspecified atom stereocenters. The molecule has 1 atom stereocenters. The minimum Gasteiger partial charge on any atom is -0.480 e. The highest BCUT2D eigenvalue weighted by Gasteiger charge is 2.38. The largest absolute Gasteiger partial charge is 0.480 e. The minimum absolute atomic E-state index is 0.124. The first-order valence-electron chi connectivity index (χ1n) is 4.06. The van der Waals surface area contributed by atoms with Crippen molar-refractivity contribution in [1.29, 1.82) is 5.26 Å². The van der Waals surface area contributed by atoms with Crippen LogP contribution in [0.2, 0.25) is 0 Å². The van der Waals surface area contributed by atoms with Crippen molar-refractivity contribution < 1.29 is 18.3 Å². The van der Waals surface area contributed by atoms with Crippen LogP contribution in [0.25, 0.3) is 0 Å². The molecule has 0 aliphatic heterocycles. The fourth-order valence-electron chi connectivity index (χ4n) is 1.10. The molecule has 0 saturated heterocycles. The molecule has 0 heterocycles. The van der Waals surface area contributed by atoms with E-state index < -0.39 is 27.8 Å². The molecule has 1 aliphatic carbocycles. The van der Waals surface area contributed by atoms with Crippen LogP contribution in [0.1, 0.15) is 12.8 Å². The highest BCUT2D eigenvalue weighted by molar-refractivity contribution is 7.89. The Bertz CT molecular complexity index is 366. The molecular formula is C7H10N2O4S. The summed E-state index contributed by atoms with van der Waals surface area (Å²) in [5.74, 6) is -2.02. The third-order valence-corrected chi connectivity index (χ3v) is 3.04. The van der Waals surface area contributed by atoms with Crippen LogP contribution in [-0.4, -0.2) is 31.3 Å². The summed E-state index contributed by atoms with van der Waals surface area (Å²) in [5.41, 5.74) is 0. The first-order valence-corrected chi connectivity index (χ1v) is 5.71. The van der Waals surface area contributed by atoms with Gasteiger partial charge in [0.2, 0.25) is 10.0 Å². The van der Waals surface area contributed by atoms with Crippen LogP contribution in [0.3, 0.4) is 0 Å². The van der Waals surface area contributed by atoms with Crippen molar-refractivity contribution in [2.24, 2.45) is 5.92 Å². The second-order valence-electron chi connectivity index (χ2n) is 3.19. The maximum Gasteiger partial charge on any atom is 0.322 e. The van der Waals surface area contributed by atoms with Crippen LogP contribution in [0.4, 0.5) is 0 Å². The van der Waals surface area contributed by atoms with Crippen LogP contribution in [0, 0.1) is 17.2 Å². The van der Waals surface area contributed by atoms with E-state index in [1.165, 1.54) is 6.07 Å². The second kappa shape index (κ2) is 3.94. The molecule has 0 amide bonds. The predicted molar refractivity (Wildman–Crippen MR) is 46.7 cm³/mol. The Kier molecular flexibility index (Phi) is 3.08. The zero-order chi connectivity index (χ0) is 10.8. The van der Waals surface area contributed by atoms with Gasteiger partial charge in [0.25, 0.3) is 0 Å². The van der Waals surface area contributed by atoms with Gasteiger partial charge in [0.15, 0.2) is 5.75 Å². The van der Waals surface area contributed by atoms with E-state index in [0.717, 1.165) is 0 Å². The van der Waals surface area contributed by atoms with Crippen molar-refractivity contribution in [2.45, 2.75) is 18.9 Å². The molecule has 78 valence electrons. The molecule has 0 aromatic carbocycles. The van der Waals surface area contributed by atoms with Crippen molar-refractivity contribution in [1.82, 2.24) is 4.72 Å². The standard InChI is InChI=1S/C7H10N2O4S/c8-3-4-14(12,13)9-6(7(10)11)5-1-2-5/h5-6,9H,1-2,4H2,(H,10,11). The lowest BCUT2D eigenvalue weighted by Crippen LogP contribution is -2.43. The zero-order valence-corrected chi connectivity index (χ0v) is 8.12. The van der Waals surface area contributed by atoms with Crippen molar-refractivity contribution >= 4 is 16.0 Å². The van der Waals surface area contributed by atoms with Crippen LogP contribution in [0.15, 0.2) is 0 Å². The monoisotopic (exact) mass is 218 g/mol. The van der Waals surface area contributed by atoms with Gasteiger partial charge in [-0.25, -0.2) is 8.42 Å². The summed E-state index contributed by atoms with van der Waals surface area (Å²) in [5, 5.41) is 16.9. The van der Waals surface area contributed by atoms with Crippen LogP contribution in [-0.2, 0) is 14.8 Å². The van der Waals surface area contributed by atoms with Gasteiger partial charge in [-0.15, -0.1) is 0 Å². The van der Waals surface area contributed by atoms with Gasteiger partial charge in [0.1, 0.15) is 6.04 Å². The third-order valence-electron chi connectivity index (χ3n) is 1.92. The summed E-state index contributed by atoms with van der Waals surface area (Å²) in [7, 11) is -3.77. The Hall–Kier alpha value is -1.13. The van der Waals surface area contributed by atoms with Crippen molar-refractivity contribution in [2.75, 3.05) is 5.75 Å². The van der Waals surface area contributed by atoms with Gasteiger partial charge < -0.3 is 5.11 Å². The normalized spacial score (nSPS) is 18.5. The number of carboxylic acid groups (broad SMARTS) is 1. The number of carboxylic acids is 1. The van der Waals surface area contributed by atoms with E-state index in [1.54, 1.807) is 0 Å². The van der Waals surface area contributed by atoms with Crippen LogP contribution >= 0.6 is 0 Å². The molecule has 0 aromatic rings. The fraction of sp³-hybridized carbons (Fsp3) is 0.714. The van der Waals surface area contributed by atoms with E-state index in [4.69, 9.17) is 10.4 Å². The number of hydrogen-bond donors (Lipinski definition) is 2.